The molecule has 2 aliphatic heterocycles. The summed E-state index contributed by atoms with van der Waals surface area (Å²) in [6, 6.07) is 10.3. The molecule has 0 amide bonds. The average molecular weight is 543 g/mol. The first-order valence-electron chi connectivity index (χ1n) is 14.0. The van der Waals surface area contributed by atoms with Gasteiger partial charge in [-0.3, -0.25) is 0 Å². The molecule has 0 spiro atoms. The van der Waals surface area contributed by atoms with Crippen molar-refractivity contribution in [3.63, 3.8) is 0 Å². The van der Waals surface area contributed by atoms with Crippen LogP contribution in [-0.2, 0) is 12.0 Å². The number of nitrogens with one attached hydrogen (secondary N) is 1. The number of hydrazine groups is 1. The van der Waals surface area contributed by atoms with E-state index >= 15 is 0 Å². The number of hydrogen-bond acceptors (Lipinski definition) is 10. The molecule has 4 heterocycles. The van der Waals surface area contributed by atoms with Crippen LogP contribution >= 0.6 is 0 Å². The van der Waals surface area contributed by atoms with Gasteiger partial charge in [0.15, 0.2) is 12.0 Å². The first-order valence-corrected chi connectivity index (χ1v) is 14.0. The number of likely N-dealkylation sites (N-methyl/N-ethyl adjacent to an activating group) is 1. The highest BCUT2D eigenvalue weighted by Gasteiger charge is 2.40. The lowest BCUT2D eigenvalue weighted by molar-refractivity contribution is 0.0235. The number of nitrogens with zero attached hydrogens (tertiary/aromatic N) is 7. The minimum absolute atomic E-state index is 0.377. The Hall–Kier alpha value is -3.57. The molecule has 1 saturated heterocycles. The Morgan fingerprint density at radius 2 is 1.95 bits per heavy atom. The third-order valence-electron chi connectivity index (χ3n) is 8.23. The van der Waals surface area contributed by atoms with Crippen molar-refractivity contribution in [1.82, 2.24) is 24.9 Å². The predicted octanol–water partition coefficient (Wildman–Crippen LogP) is 3.76. The lowest BCUT2D eigenvalue weighted by Gasteiger charge is -2.35. The number of pyridine rings is 1. The van der Waals surface area contributed by atoms with Crippen LogP contribution in [0.1, 0.15) is 48.4 Å². The van der Waals surface area contributed by atoms with E-state index in [0.29, 0.717) is 41.8 Å². The summed E-state index contributed by atoms with van der Waals surface area (Å²) >= 11 is 0. The highest BCUT2D eigenvalue weighted by Crippen LogP contribution is 2.43. The lowest BCUT2D eigenvalue weighted by atomic mass is 9.84. The standard InChI is InChI=1S/C30H38N8O2/c1-5-13-37-28(39)23-19-31-29(32-22-9-10-24(20(2)18-22)36-16-14-35(4)15-17-36)34-27(23)38(37)25-11-8-21-7-6-12-30(3,40)26(21)33-25/h5,8-11,18-19,28,39-40H,1,6-7,12-17H2,2-4H3,(H,31,32,34)/t28?,30-/m1/s1. The van der Waals surface area contributed by atoms with Crippen molar-refractivity contribution in [2.75, 3.05) is 55.0 Å². The fourth-order valence-electron chi connectivity index (χ4n) is 6.01. The number of piperazine rings is 1. The molecule has 1 aliphatic carbocycles. The maximum absolute atomic E-state index is 11.2. The van der Waals surface area contributed by atoms with Gasteiger partial charge in [-0.1, -0.05) is 12.1 Å². The van der Waals surface area contributed by atoms with Gasteiger partial charge in [0.25, 0.3) is 0 Å². The summed E-state index contributed by atoms with van der Waals surface area (Å²) in [6.07, 6.45) is 4.91. The van der Waals surface area contributed by atoms with E-state index < -0.39 is 11.8 Å². The summed E-state index contributed by atoms with van der Waals surface area (Å²) in [5.74, 6) is 1.55. The molecule has 6 rings (SSSR count). The molecule has 2 atom stereocenters. The number of aryl methyl sites for hydroxylation is 2. The van der Waals surface area contributed by atoms with E-state index in [9.17, 15) is 10.2 Å². The topological polar surface area (TPSA) is 104 Å². The molecule has 10 heteroatoms. The van der Waals surface area contributed by atoms with Crippen LogP contribution in [0.5, 0.6) is 0 Å². The third-order valence-corrected chi connectivity index (χ3v) is 8.23. The molecule has 210 valence electrons. The molecular weight excluding hydrogens is 504 g/mol. The second kappa shape index (κ2) is 10.4. The van der Waals surface area contributed by atoms with Gasteiger partial charge in [-0.05, 0) is 75.5 Å². The van der Waals surface area contributed by atoms with Crippen LogP contribution in [0.4, 0.5) is 29.0 Å². The second-order valence-electron chi connectivity index (χ2n) is 11.3. The zero-order valence-corrected chi connectivity index (χ0v) is 23.5. The van der Waals surface area contributed by atoms with Gasteiger partial charge in [-0.15, -0.1) is 6.58 Å². The molecule has 1 fully saturated rings. The van der Waals surface area contributed by atoms with E-state index in [1.54, 1.807) is 22.3 Å². The van der Waals surface area contributed by atoms with Crippen LogP contribution in [0.3, 0.4) is 0 Å². The van der Waals surface area contributed by atoms with E-state index in [0.717, 1.165) is 50.3 Å². The van der Waals surface area contributed by atoms with E-state index in [1.807, 2.05) is 19.1 Å². The molecule has 0 saturated carbocycles. The van der Waals surface area contributed by atoms with Crippen LogP contribution in [0.2, 0.25) is 0 Å². The van der Waals surface area contributed by atoms with Gasteiger partial charge in [0.05, 0.1) is 11.3 Å². The monoisotopic (exact) mass is 542 g/mol. The number of fused-ring (bicyclic) bond motifs is 2. The van der Waals surface area contributed by atoms with E-state index in [2.05, 4.69) is 58.9 Å². The van der Waals surface area contributed by atoms with Crippen LogP contribution in [0.25, 0.3) is 0 Å². The predicted molar refractivity (Wildman–Crippen MR) is 157 cm³/mol. The van der Waals surface area contributed by atoms with Crippen molar-refractivity contribution < 1.29 is 10.2 Å². The Kier molecular flexibility index (Phi) is 6.95. The highest BCUT2D eigenvalue weighted by molar-refractivity contribution is 5.67. The molecule has 3 aliphatic rings. The van der Waals surface area contributed by atoms with Crippen LogP contribution in [-0.4, -0.2) is 74.8 Å². The van der Waals surface area contributed by atoms with Crippen LogP contribution in [0.15, 0.2) is 49.2 Å². The van der Waals surface area contributed by atoms with Crippen molar-refractivity contribution in [1.29, 1.82) is 0 Å². The summed E-state index contributed by atoms with van der Waals surface area (Å²) in [7, 11) is 2.16. The Morgan fingerprint density at radius 1 is 1.15 bits per heavy atom. The lowest BCUT2D eigenvalue weighted by Crippen LogP contribution is -2.44. The largest absolute Gasteiger partial charge is 0.384 e. The minimum Gasteiger partial charge on any atom is -0.384 e. The summed E-state index contributed by atoms with van der Waals surface area (Å²) in [5, 5.41) is 29.1. The molecular formula is C30H38N8O2. The van der Waals surface area contributed by atoms with Crippen molar-refractivity contribution >= 4 is 29.0 Å². The van der Waals surface area contributed by atoms with Crippen LogP contribution < -0.4 is 15.2 Å². The van der Waals surface area contributed by atoms with Crippen molar-refractivity contribution in [3.8, 4) is 0 Å². The SMILES string of the molecule is C=CCN1C(O)c2cnc(Nc3ccc(N4CCN(C)CC4)c(C)c3)nc2N1c1ccc2c(n1)[C@](C)(O)CCC2. The quantitative estimate of drug-likeness (QED) is 0.399. The summed E-state index contributed by atoms with van der Waals surface area (Å²) in [6.45, 7) is 12.4. The van der Waals surface area contributed by atoms with Gasteiger partial charge in [-0.2, -0.15) is 9.99 Å². The Morgan fingerprint density at radius 3 is 2.70 bits per heavy atom. The second-order valence-corrected chi connectivity index (χ2v) is 11.3. The number of anilines is 5. The molecule has 3 N–H and O–H groups in total. The minimum atomic E-state index is -0.999. The molecule has 3 aromatic rings. The number of benzene rings is 1. The number of hydrogen-bond donors (Lipinski definition) is 3. The fraction of sp³-hybridized carbons (Fsp3) is 0.433. The number of aromatic nitrogens is 3. The summed E-state index contributed by atoms with van der Waals surface area (Å²) in [5.41, 5.74) is 4.65. The summed E-state index contributed by atoms with van der Waals surface area (Å²) in [4.78, 5) is 19.0. The maximum Gasteiger partial charge on any atom is 0.229 e. The van der Waals surface area contributed by atoms with Crippen molar-refractivity contribution in [2.24, 2.45) is 0 Å². The van der Waals surface area contributed by atoms with Gasteiger partial charge in [0.1, 0.15) is 11.4 Å². The maximum atomic E-state index is 11.2. The molecule has 0 radical (unpaired) electrons. The average Bonchev–Trinajstić information content (AvgIpc) is 3.20. The van der Waals surface area contributed by atoms with E-state index in [1.165, 1.54) is 11.3 Å². The van der Waals surface area contributed by atoms with Gasteiger partial charge >= 0.3 is 0 Å². The van der Waals surface area contributed by atoms with Gasteiger partial charge < -0.3 is 25.3 Å². The fourth-order valence-corrected chi connectivity index (χ4v) is 6.01. The van der Waals surface area contributed by atoms with E-state index in [4.69, 9.17) is 9.97 Å². The zero-order chi connectivity index (χ0) is 28.0. The summed E-state index contributed by atoms with van der Waals surface area (Å²) < 4.78 is 0. The number of aliphatic hydroxyl groups is 2. The van der Waals surface area contributed by atoms with Gasteiger partial charge in [0, 0.05) is 50.3 Å². The Balaban J connectivity index is 1.31. The number of aliphatic hydroxyl groups excluding tert-OH is 1. The van der Waals surface area contributed by atoms with Gasteiger partial charge in [0.2, 0.25) is 5.95 Å². The first-order chi connectivity index (χ1) is 19.2. The number of rotatable bonds is 6. The highest BCUT2D eigenvalue weighted by atomic mass is 16.3. The first kappa shape index (κ1) is 26.6. The molecule has 0 bridgehead atoms. The van der Waals surface area contributed by atoms with Crippen molar-refractivity contribution in [2.45, 2.75) is 44.9 Å². The normalized spacial score (nSPS) is 23.2. The molecule has 1 unspecified atom stereocenters. The zero-order valence-electron chi connectivity index (χ0n) is 23.5. The Bertz CT molecular complexity index is 1420. The molecule has 2 aromatic heterocycles. The molecule has 10 nitrogen and oxygen atoms in total. The van der Waals surface area contributed by atoms with Crippen LogP contribution in [0, 0.1) is 6.92 Å². The van der Waals surface area contributed by atoms with Crippen molar-refractivity contribution in [3.05, 3.63) is 71.6 Å². The van der Waals surface area contributed by atoms with Gasteiger partial charge in [-0.25, -0.2) is 15.0 Å². The molecule has 1 aromatic carbocycles. The van der Waals surface area contributed by atoms with E-state index in [-0.39, 0.29) is 0 Å². The smallest absolute Gasteiger partial charge is 0.229 e. The Labute approximate surface area is 235 Å². The third kappa shape index (κ3) is 4.81. The molecule has 40 heavy (non-hydrogen) atoms.